The van der Waals surface area contributed by atoms with Crippen LogP contribution >= 0.6 is 0 Å². The molecule has 1 saturated carbocycles. The van der Waals surface area contributed by atoms with Gasteiger partial charge in [0, 0.05) is 18.2 Å². The predicted octanol–water partition coefficient (Wildman–Crippen LogP) is 4.41. The Bertz CT molecular complexity index is 628. The summed E-state index contributed by atoms with van der Waals surface area (Å²) in [6, 6.07) is 6.16. The third-order valence-electron chi connectivity index (χ3n) is 5.08. The van der Waals surface area contributed by atoms with Crippen LogP contribution in [0.25, 0.3) is 5.57 Å². The Balaban J connectivity index is 2.05. The average molecular weight is 315 g/mol. The normalized spacial score (nSPS) is 20.7. The molecular formula is C19H25NO3. The quantitative estimate of drug-likeness (QED) is 0.647. The molecule has 0 radical (unpaired) electrons. The van der Waals surface area contributed by atoms with E-state index in [9.17, 15) is 5.21 Å². The zero-order valence-corrected chi connectivity index (χ0v) is 14.0. The molecule has 23 heavy (non-hydrogen) atoms. The number of nitrogens with zero attached hydrogens (tertiary/aromatic N) is 1. The van der Waals surface area contributed by atoms with Gasteiger partial charge in [0.25, 0.3) is 0 Å². The van der Waals surface area contributed by atoms with Crippen molar-refractivity contribution in [1.82, 2.24) is 0 Å². The molecule has 2 aliphatic rings. The maximum absolute atomic E-state index is 9.44. The van der Waals surface area contributed by atoms with E-state index in [4.69, 9.17) is 9.47 Å². The highest BCUT2D eigenvalue weighted by Gasteiger charge is 2.30. The molecule has 0 aliphatic heterocycles. The summed E-state index contributed by atoms with van der Waals surface area (Å²) in [7, 11) is 3.36. The minimum absolute atomic E-state index is 0.509. The van der Waals surface area contributed by atoms with Crippen LogP contribution in [0.15, 0.2) is 28.9 Å². The van der Waals surface area contributed by atoms with Crippen molar-refractivity contribution in [3.63, 3.8) is 0 Å². The summed E-state index contributed by atoms with van der Waals surface area (Å²) in [5.74, 6) is 1.48. The maximum Gasteiger partial charge on any atom is 0.124 e. The van der Waals surface area contributed by atoms with E-state index < -0.39 is 0 Å². The molecule has 0 spiro atoms. The Morgan fingerprint density at radius 1 is 1.17 bits per heavy atom. The second-order valence-corrected chi connectivity index (χ2v) is 6.39. The van der Waals surface area contributed by atoms with E-state index in [2.05, 4.69) is 17.3 Å². The molecule has 0 unspecified atom stereocenters. The van der Waals surface area contributed by atoms with Gasteiger partial charge in [-0.15, -0.1) is 0 Å². The maximum atomic E-state index is 9.44. The van der Waals surface area contributed by atoms with Gasteiger partial charge in [-0.2, -0.15) is 0 Å². The largest absolute Gasteiger partial charge is 0.496 e. The van der Waals surface area contributed by atoms with E-state index in [-0.39, 0.29) is 0 Å². The van der Waals surface area contributed by atoms with Crippen LogP contribution in [0.2, 0.25) is 0 Å². The molecule has 0 heterocycles. The van der Waals surface area contributed by atoms with E-state index in [1.165, 1.54) is 31.3 Å². The Morgan fingerprint density at radius 3 is 2.61 bits per heavy atom. The molecule has 0 saturated heterocycles. The van der Waals surface area contributed by atoms with Crippen molar-refractivity contribution in [2.24, 2.45) is 11.1 Å². The van der Waals surface area contributed by atoms with Gasteiger partial charge in [-0.3, -0.25) is 0 Å². The number of methoxy groups -OCH3 is 2. The van der Waals surface area contributed by atoms with E-state index in [0.717, 1.165) is 41.0 Å². The van der Waals surface area contributed by atoms with Gasteiger partial charge in [0.15, 0.2) is 0 Å². The Labute approximate surface area is 137 Å². The van der Waals surface area contributed by atoms with Crippen molar-refractivity contribution >= 4 is 11.3 Å². The van der Waals surface area contributed by atoms with Crippen LogP contribution in [0.5, 0.6) is 5.75 Å². The lowest BCUT2D eigenvalue weighted by Crippen LogP contribution is -2.03. The van der Waals surface area contributed by atoms with Gasteiger partial charge >= 0.3 is 0 Å². The molecule has 0 bridgehead atoms. The van der Waals surface area contributed by atoms with Crippen molar-refractivity contribution < 1.29 is 14.7 Å². The molecule has 0 aromatic heterocycles. The molecule has 0 atom stereocenters. The monoisotopic (exact) mass is 315 g/mol. The van der Waals surface area contributed by atoms with Gasteiger partial charge in [-0.25, -0.2) is 0 Å². The van der Waals surface area contributed by atoms with Gasteiger partial charge in [0.1, 0.15) is 5.75 Å². The lowest BCUT2D eigenvalue weighted by molar-refractivity contribution is 0.181. The highest BCUT2D eigenvalue weighted by molar-refractivity contribution is 6.26. The smallest absolute Gasteiger partial charge is 0.124 e. The van der Waals surface area contributed by atoms with Crippen molar-refractivity contribution in [3.05, 3.63) is 34.9 Å². The van der Waals surface area contributed by atoms with E-state index in [1.807, 2.05) is 6.07 Å². The first-order valence-electron chi connectivity index (χ1n) is 8.39. The summed E-state index contributed by atoms with van der Waals surface area (Å²) in [6.07, 6.45) is 7.00. The van der Waals surface area contributed by atoms with E-state index in [1.54, 1.807) is 14.2 Å². The Hall–Kier alpha value is -1.81. The van der Waals surface area contributed by atoms with Crippen LogP contribution in [-0.4, -0.2) is 25.1 Å². The number of benzene rings is 1. The fraction of sp³-hybridized carbons (Fsp3) is 0.526. The molecule has 1 N–H and O–H groups in total. The van der Waals surface area contributed by atoms with Crippen molar-refractivity contribution in [2.45, 2.75) is 45.1 Å². The van der Waals surface area contributed by atoms with Crippen molar-refractivity contribution in [1.29, 1.82) is 0 Å². The van der Waals surface area contributed by atoms with Crippen LogP contribution in [0.3, 0.4) is 0 Å². The second-order valence-electron chi connectivity index (χ2n) is 6.39. The number of hydrogen-bond acceptors (Lipinski definition) is 4. The molecule has 124 valence electrons. The number of hydrogen-bond donors (Lipinski definition) is 1. The molecule has 1 aromatic carbocycles. The first kappa shape index (κ1) is 16.1. The predicted molar refractivity (Wildman–Crippen MR) is 91.0 cm³/mol. The molecule has 4 heteroatoms. The zero-order chi connectivity index (χ0) is 16.2. The standard InChI is InChI=1S/C19H25NO3/c1-22-12-15-11-14(7-10-18(15)23-2)19-16(8-9-17(19)20-21)13-5-3-4-6-13/h7,10-11,13,21H,3-6,8-9,12H2,1-2H3. The first-order chi connectivity index (χ1) is 11.3. The van der Waals surface area contributed by atoms with Crippen LogP contribution in [0.1, 0.15) is 49.7 Å². The molecular weight excluding hydrogens is 290 g/mol. The zero-order valence-electron chi connectivity index (χ0n) is 14.0. The molecule has 1 fully saturated rings. The number of allylic oxidation sites excluding steroid dienone is 2. The average Bonchev–Trinajstić information content (AvgIpc) is 3.23. The lowest BCUT2D eigenvalue weighted by Gasteiger charge is -2.16. The number of ether oxygens (including phenoxy) is 2. The van der Waals surface area contributed by atoms with Crippen LogP contribution in [0, 0.1) is 5.92 Å². The first-order valence-corrected chi connectivity index (χ1v) is 8.39. The van der Waals surface area contributed by atoms with Crippen LogP contribution in [-0.2, 0) is 11.3 Å². The third-order valence-corrected chi connectivity index (χ3v) is 5.08. The fourth-order valence-corrected chi connectivity index (χ4v) is 4.03. The highest BCUT2D eigenvalue weighted by Crippen LogP contribution is 2.43. The molecule has 1 aromatic rings. The molecule has 3 rings (SSSR count). The summed E-state index contributed by atoms with van der Waals surface area (Å²) in [4.78, 5) is 0. The molecule has 0 amide bonds. The summed E-state index contributed by atoms with van der Waals surface area (Å²) in [5.41, 5.74) is 5.59. The highest BCUT2D eigenvalue weighted by atomic mass is 16.5. The lowest BCUT2D eigenvalue weighted by atomic mass is 9.90. The summed E-state index contributed by atoms with van der Waals surface area (Å²) < 4.78 is 10.7. The molecule has 4 nitrogen and oxygen atoms in total. The topological polar surface area (TPSA) is 51.0 Å². The summed E-state index contributed by atoms with van der Waals surface area (Å²) >= 11 is 0. The third kappa shape index (κ3) is 3.13. The van der Waals surface area contributed by atoms with Crippen LogP contribution < -0.4 is 4.74 Å². The van der Waals surface area contributed by atoms with Gasteiger partial charge in [0.2, 0.25) is 0 Å². The fourth-order valence-electron chi connectivity index (χ4n) is 4.03. The SMILES string of the molecule is COCc1cc(C2=C(C3CCCC3)CCC2=NO)ccc1OC. The Morgan fingerprint density at radius 2 is 1.96 bits per heavy atom. The number of rotatable bonds is 5. The number of oxime groups is 1. The minimum Gasteiger partial charge on any atom is -0.496 e. The molecule has 2 aliphatic carbocycles. The van der Waals surface area contributed by atoms with E-state index in [0.29, 0.717) is 12.5 Å². The van der Waals surface area contributed by atoms with Gasteiger partial charge in [-0.05, 0) is 49.3 Å². The Kier molecular flexibility index (Phi) is 5.01. The van der Waals surface area contributed by atoms with Crippen molar-refractivity contribution in [3.8, 4) is 5.75 Å². The minimum atomic E-state index is 0.509. The van der Waals surface area contributed by atoms with Gasteiger partial charge in [-0.1, -0.05) is 29.6 Å². The summed E-state index contributed by atoms with van der Waals surface area (Å²) in [6.45, 7) is 0.509. The summed E-state index contributed by atoms with van der Waals surface area (Å²) in [5, 5.41) is 13.0. The van der Waals surface area contributed by atoms with E-state index >= 15 is 0 Å². The van der Waals surface area contributed by atoms with Gasteiger partial charge < -0.3 is 14.7 Å². The second kappa shape index (κ2) is 7.18. The van der Waals surface area contributed by atoms with Gasteiger partial charge in [0.05, 0.1) is 19.4 Å². The van der Waals surface area contributed by atoms with Crippen LogP contribution in [0.4, 0.5) is 0 Å². The van der Waals surface area contributed by atoms with Crippen molar-refractivity contribution in [2.75, 3.05) is 14.2 Å².